The molecule has 0 aromatic heterocycles. The van der Waals surface area contributed by atoms with E-state index in [1.165, 1.54) is 24.3 Å². The van der Waals surface area contributed by atoms with Crippen molar-refractivity contribution in [1.82, 2.24) is 0 Å². The van der Waals surface area contributed by atoms with Crippen LogP contribution in [0.4, 0.5) is 11.4 Å². The molecule has 0 heterocycles. The number of rotatable bonds is 7. The Morgan fingerprint density at radius 1 is 0.743 bits per heavy atom. The second kappa shape index (κ2) is 12.8. The van der Waals surface area contributed by atoms with Gasteiger partial charge in [0.1, 0.15) is 17.2 Å². The summed E-state index contributed by atoms with van der Waals surface area (Å²) in [4.78, 5) is 62.1. The van der Waals surface area contributed by atoms with E-state index in [9.17, 15) is 34.6 Å². The van der Waals surface area contributed by atoms with Crippen LogP contribution in [0.2, 0.25) is 0 Å². The van der Waals surface area contributed by atoms with E-state index >= 15 is 0 Å². The predicted octanol–water partition coefficient (Wildman–Crippen LogP) is 4.35. The van der Waals surface area contributed by atoms with E-state index in [1.807, 2.05) is 37.3 Å². The summed E-state index contributed by atoms with van der Waals surface area (Å²) in [5, 5.41) is 21.6. The first-order valence-electron chi connectivity index (χ1n) is 9.80. The number of hydrogen-bond acceptors (Lipinski definition) is 10. The summed E-state index contributed by atoms with van der Waals surface area (Å²) in [6.07, 6.45) is -0.145. The third-order valence-corrected chi connectivity index (χ3v) is 4.36. The van der Waals surface area contributed by atoms with Crippen molar-refractivity contribution in [2.45, 2.75) is 13.0 Å². The van der Waals surface area contributed by atoms with Gasteiger partial charge in [0.25, 0.3) is 17.8 Å². The van der Waals surface area contributed by atoms with Crippen LogP contribution in [0.3, 0.4) is 0 Å². The molecule has 3 aromatic carbocycles. The highest BCUT2D eigenvalue weighted by Gasteiger charge is 2.26. The van der Waals surface area contributed by atoms with Crippen LogP contribution in [0.15, 0.2) is 78.9 Å². The average molecular weight is 482 g/mol. The highest BCUT2D eigenvalue weighted by Crippen LogP contribution is 2.21. The molecule has 0 amide bonds. The summed E-state index contributed by atoms with van der Waals surface area (Å²) in [5.41, 5.74) is -0.927. The zero-order valence-electron chi connectivity index (χ0n) is 18.1. The van der Waals surface area contributed by atoms with Crippen molar-refractivity contribution in [3.63, 3.8) is 0 Å². The first kappa shape index (κ1) is 26.1. The fraction of sp³-hybridized carbons (Fsp3) is 0.0870. The summed E-state index contributed by atoms with van der Waals surface area (Å²) in [5.74, 6) is -2.57. The summed E-state index contributed by atoms with van der Waals surface area (Å²) in [6.45, 7) is 2.31. The molecular formula is C23H18N2O10. The molecule has 1 atom stereocenters. The van der Waals surface area contributed by atoms with Crippen molar-refractivity contribution >= 4 is 29.8 Å². The lowest BCUT2D eigenvalue weighted by molar-refractivity contribution is -0.385. The normalized spacial score (nSPS) is 10.5. The maximum absolute atomic E-state index is 11.8. The lowest BCUT2D eigenvalue weighted by atomic mass is 10.1. The highest BCUT2D eigenvalue weighted by atomic mass is 17.2. The summed E-state index contributed by atoms with van der Waals surface area (Å²) >= 11 is 0. The Bertz CT molecular complexity index is 1140. The fourth-order valence-electron chi connectivity index (χ4n) is 2.66. The third kappa shape index (κ3) is 7.46. The molecule has 3 rings (SSSR count). The van der Waals surface area contributed by atoms with Gasteiger partial charge in [-0.15, -0.1) is 0 Å². The van der Waals surface area contributed by atoms with Gasteiger partial charge in [0.05, 0.1) is 9.85 Å². The first-order valence-corrected chi connectivity index (χ1v) is 9.80. The van der Waals surface area contributed by atoms with Gasteiger partial charge in [0.2, 0.25) is 0 Å². The Labute approximate surface area is 197 Å². The maximum Gasteiger partial charge on any atom is 0.393 e. The molecule has 0 saturated carbocycles. The number of carbonyl (C=O) groups is 3. The topological polar surface area (TPSA) is 165 Å². The molecule has 0 bridgehead atoms. The number of hydrogen-bond donors (Lipinski definition) is 0. The highest BCUT2D eigenvalue weighted by molar-refractivity contribution is 5.96. The zero-order valence-corrected chi connectivity index (χ0v) is 18.1. The SMILES string of the molecule is CC(OC=O)c1ccccc1.O=C(OOC(=O)c1ccccc1[N+](=O)[O-])c1ccccc1[N+](=O)[O-]. The molecule has 0 aliphatic heterocycles. The van der Waals surface area contributed by atoms with E-state index < -0.39 is 44.3 Å². The maximum atomic E-state index is 11.8. The van der Waals surface area contributed by atoms with Crippen LogP contribution in [0.5, 0.6) is 0 Å². The molecule has 0 aliphatic carbocycles. The van der Waals surface area contributed by atoms with Gasteiger partial charge in [-0.3, -0.25) is 25.0 Å². The standard InChI is InChI=1S/C14H8N2O8.C9H10O2/c17-13(9-5-1-3-7-11(9)15(19)20)23-24-14(18)10-6-2-4-8-12(10)16(21)22;1-8(11-7-10)9-5-3-2-4-6-9/h1-8H;2-8H,1H3. The number of carbonyl (C=O) groups excluding carboxylic acids is 3. The van der Waals surface area contributed by atoms with Crippen molar-refractivity contribution in [2.75, 3.05) is 0 Å². The van der Waals surface area contributed by atoms with Gasteiger partial charge in [0, 0.05) is 12.1 Å². The second-order valence-corrected chi connectivity index (χ2v) is 6.58. The number of benzene rings is 3. The molecular weight excluding hydrogens is 464 g/mol. The van der Waals surface area contributed by atoms with Gasteiger partial charge in [0.15, 0.2) is 0 Å². The third-order valence-electron chi connectivity index (χ3n) is 4.36. The minimum atomic E-state index is -1.28. The van der Waals surface area contributed by atoms with Gasteiger partial charge in [-0.05, 0) is 24.6 Å². The Balaban J connectivity index is 0.000000328. The van der Waals surface area contributed by atoms with Gasteiger partial charge in [-0.2, -0.15) is 0 Å². The van der Waals surface area contributed by atoms with Gasteiger partial charge in [-0.25, -0.2) is 19.4 Å². The molecule has 12 heteroatoms. The van der Waals surface area contributed by atoms with Crippen molar-refractivity contribution in [3.05, 3.63) is 116 Å². The van der Waals surface area contributed by atoms with Gasteiger partial charge < -0.3 is 4.74 Å². The van der Waals surface area contributed by atoms with Crippen molar-refractivity contribution in [2.24, 2.45) is 0 Å². The molecule has 0 N–H and O–H groups in total. The molecule has 1 unspecified atom stereocenters. The van der Waals surface area contributed by atoms with E-state index in [4.69, 9.17) is 4.74 Å². The van der Waals surface area contributed by atoms with E-state index in [0.717, 1.165) is 29.8 Å². The fourth-order valence-corrected chi connectivity index (χ4v) is 2.66. The molecule has 0 saturated heterocycles. The Morgan fingerprint density at radius 2 is 1.14 bits per heavy atom. The number of para-hydroxylation sites is 2. The van der Waals surface area contributed by atoms with Crippen molar-refractivity contribution < 1.29 is 38.7 Å². The second-order valence-electron chi connectivity index (χ2n) is 6.58. The van der Waals surface area contributed by atoms with Crippen molar-refractivity contribution in [3.8, 4) is 0 Å². The molecule has 180 valence electrons. The summed E-state index contributed by atoms with van der Waals surface area (Å²) in [6, 6.07) is 19.4. The minimum Gasteiger partial charge on any atom is -0.460 e. The largest absolute Gasteiger partial charge is 0.460 e. The van der Waals surface area contributed by atoms with Crippen LogP contribution >= 0.6 is 0 Å². The van der Waals surface area contributed by atoms with Crippen LogP contribution in [0.25, 0.3) is 0 Å². The van der Waals surface area contributed by atoms with E-state index in [-0.39, 0.29) is 6.10 Å². The molecule has 0 aliphatic rings. The average Bonchev–Trinajstić information content (AvgIpc) is 2.88. The summed E-state index contributed by atoms with van der Waals surface area (Å²) in [7, 11) is 0. The Hall–Kier alpha value is -5.13. The minimum absolute atomic E-state index is 0.145. The zero-order chi connectivity index (χ0) is 25.8. The smallest absolute Gasteiger partial charge is 0.393 e. The lowest BCUT2D eigenvalue weighted by Gasteiger charge is -2.08. The molecule has 0 radical (unpaired) electrons. The van der Waals surface area contributed by atoms with Crippen LogP contribution in [0.1, 0.15) is 39.3 Å². The number of nitrogens with zero attached hydrogens (tertiary/aromatic N) is 2. The van der Waals surface area contributed by atoms with Crippen LogP contribution in [-0.2, 0) is 19.3 Å². The van der Waals surface area contributed by atoms with E-state index in [2.05, 4.69) is 9.78 Å². The van der Waals surface area contributed by atoms with E-state index in [1.54, 1.807) is 0 Å². The van der Waals surface area contributed by atoms with Crippen LogP contribution in [0, 0.1) is 20.2 Å². The monoisotopic (exact) mass is 482 g/mol. The van der Waals surface area contributed by atoms with Crippen LogP contribution < -0.4 is 0 Å². The predicted molar refractivity (Wildman–Crippen MR) is 119 cm³/mol. The molecule has 0 spiro atoms. The first-order chi connectivity index (χ1) is 16.8. The Kier molecular flexibility index (Phi) is 9.55. The van der Waals surface area contributed by atoms with Gasteiger partial charge >= 0.3 is 11.9 Å². The number of nitro groups is 2. The number of nitro benzene ring substituents is 2. The molecule has 3 aromatic rings. The molecule has 12 nitrogen and oxygen atoms in total. The van der Waals surface area contributed by atoms with Crippen LogP contribution in [-0.4, -0.2) is 28.3 Å². The summed E-state index contributed by atoms with van der Waals surface area (Å²) < 4.78 is 4.75. The number of ether oxygens (including phenoxy) is 1. The van der Waals surface area contributed by atoms with Crippen molar-refractivity contribution in [1.29, 1.82) is 0 Å². The molecule has 0 fully saturated rings. The molecule has 35 heavy (non-hydrogen) atoms. The lowest BCUT2D eigenvalue weighted by Crippen LogP contribution is -2.14. The van der Waals surface area contributed by atoms with Gasteiger partial charge in [-0.1, -0.05) is 54.6 Å². The van der Waals surface area contributed by atoms with E-state index in [0.29, 0.717) is 6.47 Å². The Morgan fingerprint density at radius 3 is 1.54 bits per heavy atom. The quantitative estimate of drug-likeness (QED) is 0.204.